The molecule has 27 heavy (non-hydrogen) atoms. The fourth-order valence-electron chi connectivity index (χ4n) is 1.98. The molecular formula is C19H17Cl2N5V. The van der Waals surface area contributed by atoms with Gasteiger partial charge in [0.15, 0.2) is 0 Å². The van der Waals surface area contributed by atoms with E-state index in [-0.39, 0.29) is 43.4 Å². The van der Waals surface area contributed by atoms with Gasteiger partial charge in [-0.2, -0.15) is 10.2 Å². The first-order valence-electron chi connectivity index (χ1n) is 7.55. The maximum Gasteiger partial charge on any atom is 2.00 e. The van der Waals surface area contributed by atoms with E-state index in [4.69, 9.17) is 0 Å². The maximum atomic E-state index is 4.46. The molecule has 0 saturated carbocycles. The molecule has 0 unspecified atom stereocenters. The van der Waals surface area contributed by atoms with Crippen molar-refractivity contribution < 1.29 is 43.4 Å². The average molecular weight is 437 g/mol. The van der Waals surface area contributed by atoms with E-state index in [1.807, 2.05) is 78.9 Å². The number of nitrogens with one attached hydrogen (secondary N) is 2. The van der Waals surface area contributed by atoms with Crippen molar-refractivity contribution in [2.75, 3.05) is 10.9 Å². The molecule has 0 atom stereocenters. The van der Waals surface area contributed by atoms with Gasteiger partial charge in [0.2, 0.25) is 0 Å². The second kappa shape index (κ2) is 13.8. The third kappa shape index (κ3) is 8.75. The minimum atomic E-state index is 0. The molecular weight excluding hydrogens is 420 g/mol. The van der Waals surface area contributed by atoms with E-state index in [0.717, 1.165) is 22.8 Å². The quantitative estimate of drug-likeness (QED) is 0.346. The molecule has 3 rings (SSSR count). The molecule has 0 bridgehead atoms. The Morgan fingerprint density at radius 2 is 1.00 bits per heavy atom. The van der Waals surface area contributed by atoms with Gasteiger partial charge in [0, 0.05) is 0 Å². The van der Waals surface area contributed by atoms with E-state index in [9.17, 15) is 0 Å². The number of nitrogens with zero attached hydrogens (tertiary/aromatic N) is 3. The van der Waals surface area contributed by atoms with E-state index in [0.29, 0.717) is 0 Å². The normalized spacial score (nSPS) is 9.78. The first-order valence-corrected chi connectivity index (χ1v) is 7.55. The predicted molar refractivity (Wildman–Crippen MR) is 99.6 cm³/mol. The van der Waals surface area contributed by atoms with Gasteiger partial charge in [0.05, 0.1) is 35.2 Å². The number of halogens is 2. The molecule has 1 radical (unpaired) electrons. The monoisotopic (exact) mass is 436 g/mol. The van der Waals surface area contributed by atoms with Gasteiger partial charge < -0.3 is 24.8 Å². The number of pyridine rings is 1. The third-order valence-corrected chi connectivity index (χ3v) is 3.12. The average Bonchev–Trinajstić information content (AvgIpc) is 2.64. The van der Waals surface area contributed by atoms with Crippen LogP contribution in [0.25, 0.3) is 0 Å². The van der Waals surface area contributed by atoms with Crippen LogP contribution >= 0.6 is 0 Å². The first kappa shape index (κ1) is 24.7. The molecule has 2 N–H and O–H groups in total. The second-order valence-electron chi connectivity index (χ2n) is 4.96. The van der Waals surface area contributed by atoms with Gasteiger partial charge >= 0.3 is 18.6 Å². The molecule has 0 aliphatic heterocycles. The second-order valence-corrected chi connectivity index (χ2v) is 4.96. The number of anilines is 2. The van der Waals surface area contributed by atoms with Crippen molar-refractivity contribution in [3.63, 3.8) is 0 Å². The summed E-state index contributed by atoms with van der Waals surface area (Å²) in [4.78, 5) is 4.46. The molecule has 8 heteroatoms. The molecule has 0 fully saturated rings. The van der Waals surface area contributed by atoms with Crippen LogP contribution in [0.2, 0.25) is 0 Å². The van der Waals surface area contributed by atoms with E-state index >= 15 is 0 Å². The van der Waals surface area contributed by atoms with Crippen LogP contribution in [0.1, 0.15) is 11.4 Å². The van der Waals surface area contributed by atoms with Crippen LogP contribution in [0.4, 0.5) is 11.4 Å². The Morgan fingerprint density at radius 3 is 1.41 bits per heavy atom. The summed E-state index contributed by atoms with van der Waals surface area (Å²) in [5.74, 6) is 0. The molecule has 137 valence electrons. The van der Waals surface area contributed by atoms with Crippen LogP contribution in [-0.2, 0) is 18.6 Å². The molecule has 0 aliphatic carbocycles. The van der Waals surface area contributed by atoms with E-state index in [2.05, 4.69) is 26.0 Å². The minimum Gasteiger partial charge on any atom is -1.00 e. The van der Waals surface area contributed by atoms with Crippen molar-refractivity contribution in [1.82, 2.24) is 4.98 Å². The van der Waals surface area contributed by atoms with Crippen molar-refractivity contribution in [2.45, 2.75) is 0 Å². The van der Waals surface area contributed by atoms with Crippen molar-refractivity contribution >= 4 is 23.8 Å². The van der Waals surface area contributed by atoms with Gasteiger partial charge in [-0.25, -0.2) is 4.98 Å². The molecule has 3 aromatic rings. The zero-order chi connectivity index (χ0) is 16.5. The molecule has 0 aliphatic rings. The van der Waals surface area contributed by atoms with Crippen LogP contribution in [0.3, 0.4) is 0 Å². The molecule has 0 amide bonds. The maximum absolute atomic E-state index is 4.46. The van der Waals surface area contributed by atoms with E-state index < -0.39 is 0 Å². The van der Waals surface area contributed by atoms with Crippen LogP contribution in [-0.4, -0.2) is 17.4 Å². The van der Waals surface area contributed by atoms with Gasteiger partial charge in [-0.1, -0.05) is 42.5 Å². The Kier molecular flexibility index (Phi) is 12.7. The SMILES string of the molecule is C(=NNc1ccccc1)c1cccc(C=NNc2ccccc2)n1.[Cl-].[Cl-].[V+2]. The summed E-state index contributed by atoms with van der Waals surface area (Å²) < 4.78 is 0. The molecule has 0 spiro atoms. The Balaban J connectivity index is 0.00000225. The predicted octanol–water partition coefficient (Wildman–Crippen LogP) is -2.02. The largest absolute Gasteiger partial charge is 2.00 e. The smallest absolute Gasteiger partial charge is 1.00 e. The summed E-state index contributed by atoms with van der Waals surface area (Å²) in [6.07, 6.45) is 3.35. The number of hydrogen-bond acceptors (Lipinski definition) is 5. The number of para-hydroxylation sites is 2. The van der Waals surface area contributed by atoms with Gasteiger partial charge in [-0.3, -0.25) is 10.9 Å². The van der Waals surface area contributed by atoms with Crippen molar-refractivity contribution in [1.29, 1.82) is 0 Å². The summed E-state index contributed by atoms with van der Waals surface area (Å²) in [5, 5.41) is 8.37. The van der Waals surface area contributed by atoms with Crippen LogP contribution in [0.15, 0.2) is 89.1 Å². The van der Waals surface area contributed by atoms with Gasteiger partial charge in [-0.15, -0.1) is 0 Å². The van der Waals surface area contributed by atoms with Crippen molar-refractivity contribution in [3.05, 3.63) is 90.3 Å². The summed E-state index contributed by atoms with van der Waals surface area (Å²) in [5.41, 5.74) is 9.28. The van der Waals surface area contributed by atoms with Gasteiger partial charge in [-0.05, 0) is 36.4 Å². The Hall–Kier alpha value is -2.31. The summed E-state index contributed by atoms with van der Waals surface area (Å²) >= 11 is 0. The number of hydrogen-bond donors (Lipinski definition) is 2. The summed E-state index contributed by atoms with van der Waals surface area (Å²) in [6.45, 7) is 0. The Morgan fingerprint density at radius 1 is 0.593 bits per heavy atom. The fraction of sp³-hybridized carbons (Fsp3) is 0. The number of hydrazone groups is 2. The van der Waals surface area contributed by atoms with Crippen molar-refractivity contribution in [3.8, 4) is 0 Å². The Bertz CT molecular complexity index is 763. The zero-order valence-corrected chi connectivity index (χ0v) is 17.1. The minimum absolute atomic E-state index is 0. The van der Waals surface area contributed by atoms with Crippen molar-refractivity contribution in [2.24, 2.45) is 10.2 Å². The van der Waals surface area contributed by atoms with E-state index in [1.54, 1.807) is 12.4 Å². The topological polar surface area (TPSA) is 61.7 Å². The first-order chi connectivity index (χ1) is 11.9. The molecule has 1 heterocycles. The van der Waals surface area contributed by atoms with Crippen LogP contribution in [0.5, 0.6) is 0 Å². The Labute approximate surface area is 183 Å². The van der Waals surface area contributed by atoms with Crippen LogP contribution in [0, 0.1) is 0 Å². The summed E-state index contributed by atoms with van der Waals surface area (Å²) in [6, 6.07) is 25.2. The molecule has 0 saturated heterocycles. The zero-order valence-electron chi connectivity index (χ0n) is 14.2. The molecule has 2 aromatic carbocycles. The standard InChI is InChI=1S/C19H17N5.2ClH.V/c1-3-8-16(9-4-1)23-20-14-18-12-7-13-19(22-18)15-21-24-17-10-5-2-6-11-17;;;/h1-15,23-24H;2*1H;/q;;;+2/p-2. The molecule has 1 aromatic heterocycles. The summed E-state index contributed by atoms with van der Waals surface area (Å²) in [7, 11) is 0. The van der Waals surface area contributed by atoms with E-state index in [1.165, 1.54) is 0 Å². The van der Waals surface area contributed by atoms with Crippen LogP contribution < -0.4 is 35.7 Å². The van der Waals surface area contributed by atoms with Gasteiger partial charge in [0.25, 0.3) is 0 Å². The number of benzene rings is 2. The number of rotatable bonds is 6. The fourth-order valence-corrected chi connectivity index (χ4v) is 1.98. The van der Waals surface area contributed by atoms with Gasteiger partial charge in [0.1, 0.15) is 0 Å². The number of aromatic nitrogens is 1. The molecule has 5 nitrogen and oxygen atoms in total. The third-order valence-electron chi connectivity index (χ3n) is 3.12.